The normalized spacial score (nSPS) is 14.9. The predicted molar refractivity (Wildman–Crippen MR) is 83.6 cm³/mol. The summed E-state index contributed by atoms with van der Waals surface area (Å²) in [5, 5.41) is 3.53. The van der Waals surface area contributed by atoms with Gasteiger partial charge in [-0.1, -0.05) is 32.8 Å². The van der Waals surface area contributed by atoms with E-state index in [0.717, 1.165) is 29.4 Å². The lowest BCUT2D eigenvalue weighted by atomic mass is 10.1. The van der Waals surface area contributed by atoms with E-state index in [0.29, 0.717) is 5.92 Å². The van der Waals surface area contributed by atoms with Crippen molar-refractivity contribution in [3.8, 4) is 5.75 Å². The van der Waals surface area contributed by atoms with Crippen LogP contribution in [0.3, 0.4) is 0 Å². The SMILES string of the molecule is CCC(CC)COc1ccc(CNC2CC2)cc1Br. The van der Waals surface area contributed by atoms with Crippen LogP contribution >= 0.6 is 15.9 Å². The largest absolute Gasteiger partial charge is 0.492 e. The Balaban J connectivity index is 1.86. The van der Waals surface area contributed by atoms with Gasteiger partial charge in [-0.15, -0.1) is 0 Å². The molecule has 1 saturated carbocycles. The molecule has 2 nitrogen and oxygen atoms in total. The molecule has 0 amide bonds. The van der Waals surface area contributed by atoms with Gasteiger partial charge >= 0.3 is 0 Å². The van der Waals surface area contributed by atoms with Crippen molar-refractivity contribution in [2.24, 2.45) is 5.92 Å². The second kappa shape index (κ2) is 7.30. The third-order valence-corrected chi connectivity index (χ3v) is 4.42. The molecule has 1 fully saturated rings. The fraction of sp³-hybridized carbons (Fsp3) is 0.625. The number of nitrogens with one attached hydrogen (secondary N) is 1. The maximum atomic E-state index is 5.91. The highest BCUT2D eigenvalue weighted by Crippen LogP contribution is 2.27. The van der Waals surface area contributed by atoms with Crippen molar-refractivity contribution in [2.75, 3.05) is 6.61 Å². The predicted octanol–water partition coefficient (Wildman–Crippen LogP) is 4.52. The molecule has 1 aromatic rings. The molecule has 1 aliphatic rings. The van der Waals surface area contributed by atoms with Gasteiger partial charge in [0.1, 0.15) is 5.75 Å². The molecule has 1 aromatic carbocycles. The van der Waals surface area contributed by atoms with Gasteiger partial charge in [0.25, 0.3) is 0 Å². The van der Waals surface area contributed by atoms with Crippen LogP contribution in [0.1, 0.15) is 45.1 Å². The van der Waals surface area contributed by atoms with E-state index in [4.69, 9.17) is 4.74 Å². The van der Waals surface area contributed by atoms with Gasteiger partial charge in [-0.25, -0.2) is 0 Å². The zero-order valence-corrected chi connectivity index (χ0v) is 13.5. The zero-order chi connectivity index (χ0) is 13.7. The highest BCUT2D eigenvalue weighted by atomic mass is 79.9. The van der Waals surface area contributed by atoms with Crippen LogP contribution in [0.2, 0.25) is 0 Å². The topological polar surface area (TPSA) is 21.3 Å². The van der Waals surface area contributed by atoms with Gasteiger partial charge in [-0.3, -0.25) is 0 Å². The quantitative estimate of drug-likeness (QED) is 0.758. The summed E-state index contributed by atoms with van der Waals surface area (Å²) in [5.41, 5.74) is 1.31. The average molecular weight is 326 g/mol. The minimum Gasteiger partial charge on any atom is -0.492 e. The Morgan fingerprint density at radius 3 is 2.63 bits per heavy atom. The van der Waals surface area contributed by atoms with E-state index in [-0.39, 0.29) is 0 Å². The second-order valence-corrected chi connectivity index (χ2v) is 6.27. The minimum atomic E-state index is 0.656. The molecular weight excluding hydrogens is 302 g/mol. The van der Waals surface area contributed by atoms with Gasteiger partial charge in [0.2, 0.25) is 0 Å². The number of ether oxygens (including phenoxy) is 1. The summed E-state index contributed by atoms with van der Waals surface area (Å²) in [5.74, 6) is 1.62. The van der Waals surface area contributed by atoms with Gasteiger partial charge in [0.15, 0.2) is 0 Å². The van der Waals surface area contributed by atoms with Crippen molar-refractivity contribution < 1.29 is 4.74 Å². The van der Waals surface area contributed by atoms with Crippen LogP contribution in [0.5, 0.6) is 5.75 Å². The van der Waals surface area contributed by atoms with E-state index in [1.807, 2.05) is 0 Å². The lowest BCUT2D eigenvalue weighted by molar-refractivity contribution is 0.239. The van der Waals surface area contributed by atoms with Gasteiger partial charge in [-0.05, 0) is 52.4 Å². The molecule has 3 heteroatoms. The first-order valence-electron chi connectivity index (χ1n) is 7.37. The molecule has 2 rings (SSSR count). The molecule has 0 heterocycles. The summed E-state index contributed by atoms with van der Waals surface area (Å²) in [6.45, 7) is 6.21. The maximum Gasteiger partial charge on any atom is 0.133 e. The van der Waals surface area contributed by atoms with E-state index < -0.39 is 0 Å². The summed E-state index contributed by atoms with van der Waals surface area (Å²) in [6.07, 6.45) is 5.02. The first-order valence-corrected chi connectivity index (χ1v) is 8.16. The van der Waals surface area contributed by atoms with Crippen molar-refractivity contribution in [1.29, 1.82) is 0 Å². The summed E-state index contributed by atoms with van der Waals surface area (Å²) < 4.78 is 6.97. The number of rotatable bonds is 8. The fourth-order valence-electron chi connectivity index (χ4n) is 2.05. The fourth-order valence-corrected chi connectivity index (χ4v) is 2.59. The monoisotopic (exact) mass is 325 g/mol. The Morgan fingerprint density at radius 2 is 2.05 bits per heavy atom. The molecule has 19 heavy (non-hydrogen) atoms. The van der Waals surface area contributed by atoms with Crippen LogP contribution in [0.25, 0.3) is 0 Å². The van der Waals surface area contributed by atoms with Gasteiger partial charge in [0, 0.05) is 12.6 Å². The van der Waals surface area contributed by atoms with E-state index >= 15 is 0 Å². The standard InChI is InChI=1S/C16H24BrNO/c1-3-12(4-2)11-19-16-8-5-13(9-15(16)17)10-18-14-6-7-14/h5,8-9,12,14,18H,3-4,6-7,10-11H2,1-2H3. The van der Waals surface area contributed by atoms with Crippen LogP contribution in [0.4, 0.5) is 0 Å². The van der Waals surface area contributed by atoms with Crippen molar-refractivity contribution >= 4 is 15.9 Å². The summed E-state index contributed by atoms with van der Waals surface area (Å²) >= 11 is 3.61. The smallest absolute Gasteiger partial charge is 0.133 e. The number of hydrogen-bond donors (Lipinski definition) is 1. The number of halogens is 1. The summed E-state index contributed by atoms with van der Waals surface area (Å²) in [7, 11) is 0. The highest BCUT2D eigenvalue weighted by Gasteiger charge is 2.20. The van der Waals surface area contributed by atoms with Crippen molar-refractivity contribution in [1.82, 2.24) is 5.32 Å². The zero-order valence-electron chi connectivity index (χ0n) is 11.9. The molecule has 106 valence electrons. The van der Waals surface area contributed by atoms with Crippen molar-refractivity contribution in [3.05, 3.63) is 28.2 Å². The highest BCUT2D eigenvalue weighted by molar-refractivity contribution is 9.10. The Hall–Kier alpha value is -0.540. The molecule has 1 N–H and O–H groups in total. The molecule has 0 aromatic heterocycles. The van der Waals surface area contributed by atoms with Gasteiger partial charge in [0.05, 0.1) is 11.1 Å². The van der Waals surface area contributed by atoms with E-state index in [9.17, 15) is 0 Å². The van der Waals surface area contributed by atoms with Crippen LogP contribution in [0, 0.1) is 5.92 Å². The summed E-state index contributed by atoms with van der Waals surface area (Å²) in [4.78, 5) is 0. The molecule has 1 aliphatic carbocycles. The van der Waals surface area contributed by atoms with Crippen molar-refractivity contribution in [3.63, 3.8) is 0 Å². The van der Waals surface area contributed by atoms with Gasteiger partial charge in [-0.2, -0.15) is 0 Å². The van der Waals surface area contributed by atoms with E-state index in [1.165, 1.54) is 31.2 Å². The van der Waals surface area contributed by atoms with E-state index in [1.54, 1.807) is 0 Å². The Morgan fingerprint density at radius 1 is 1.32 bits per heavy atom. The molecule has 0 aliphatic heterocycles. The molecule has 0 radical (unpaired) electrons. The number of hydrogen-bond acceptors (Lipinski definition) is 2. The number of benzene rings is 1. The van der Waals surface area contributed by atoms with Crippen LogP contribution in [-0.4, -0.2) is 12.6 Å². The Kier molecular flexibility index (Phi) is 5.71. The third kappa shape index (κ3) is 4.81. The van der Waals surface area contributed by atoms with Crippen LogP contribution in [-0.2, 0) is 6.54 Å². The first kappa shape index (κ1) is 14.9. The first-order chi connectivity index (χ1) is 9.22. The average Bonchev–Trinajstić information content (AvgIpc) is 3.23. The molecule has 0 unspecified atom stereocenters. The van der Waals surface area contributed by atoms with Crippen LogP contribution in [0.15, 0.2) is 22.7 Å². The van der Waals surface area contributed by atoms with Crippen LogP contribution < -0.4 is 10.1 Å². The maximum absolute atomic E-state index is 5.91. The van der Waals surface area contributed by atoms with Crippen molar-refractivity contribution in [2.45, 2.75) is 52.1 Å². The van der Waals surface area contributed by atoms with E-state index in [2.05, 4.69) is 53.3 Å². The molecule has 0 saturated heterocycles. The molecule has 0 atom stereocenters. The Labute approximate surface area is 125 Å². The van der Waals surface area contributed by atoms with Gasteiger partial charge < -0.3 is 10.1 Å². The third-order valence-electron chi connectivity index (χ3n) is 3.80. The molecular formula is C16H24BrNO. The lowest BCUT2D eigenvalue weighted by Crippen LogP contribution is -2.15. The molecule has 0 spiro atoms. The Bertz CT molecular complexity index is 400. The molecule has 0 bridgehead atoms. The lowest BCUT2D eigenvalue weighted by Gasteiger charge is -2.15. The minimum absolute atomic E-state index is 0.656. The second-order valence-electron chi connectivity index (χ2n) is 5.41. The summed E-state index contributed by atoms with van der Waals surface area (Å²) in [6, 6.07) is 7.15.